The lowest BCUT2D eigenvalue weighted by Gasteiger charge is -2.11. The Morgan fingerprint density at radius 1 is 1.46 bits per heavy atom. The maximum absolute atomic E-state index is 10.8. The van der Waals surface area contributed by atoms with Crippen LogP contribution in [0.4, 0.5) is 0 Å². The van der Waals surface area contributed by atoms with Crippen LogP contribution >= 0.6 is 0 Å². The van der Waals surface area contributed by atoms with Crippen molar-refractivity contribution < 1.29 is 19.8 Å². The molecule has 5 nitrogen and oxygen atoms in total. The van der Waals surface area contributed by atoms with Crippen LogP contribution in [-0.4, -0.2) is 35.2 Å². The van der Waals surface area contributed by atoms with Gasteiger partial charge in [-0.1, -0.05) is 6.92 Å². The van der Waals surface area contributed by atoms with Crippen LogP contribution in [0, 0.1) is 5.92 Å². The summed E-state index contributed by atoms with van der Waals surface area (Å²) in [7, 11) is 0. The molecule has 1 atom stereocenters. The minimum Gasteiger partial charge on any atom is -0.481 e. The number of carboxylic acids is 1. The van der Waals surface area contributed by atoms with E-state index in [9.17, 15) is 9.59 Å². The van der Waals surface area contributed by atoms with Gasteiger partial charge in [0.05, 0.1) is 6.42 Å². The standard InChI is InChI=1S/C8H15NO4/c1-2-7(11)9-4-6(5-10)3-8(12)13/h6,10H,2-5H2,1H3,(H,9,11)(H,12,13). The second-order valence-electron chi connectivity index (χ2n) is 2.80. The Morgan fingerprint density at radius 3 is 2.46 bits per heavy atom. The molecule has 3 N–H and O–H groups in total. The number of hydrogen-bond acceptors (Lipinski definition) is 3. The maximum atomic E-state index is 10.8. The molecular formula is C8H15NO4. The molecule has 0 bridgehead atoms. The van der Waals surface area contributed by atoms with E-state index in [1.807, 2.05) is 0 Å². The molecule has 1 unspecified atom stereocenters. The second-order valence-corrected chi connectivity index (χ2v) is 2.80. The molecule has 0 aliphatic carbocycles. The van der Waals surface area contributed by atoms with E-state index in [0.29, 0.717) is 6.42 Å². The fourth-order valence-electron chi connectivity index (χ4n) is 0.831. The lowest BCUT2D eigenvalue weighted by molar-refractivity contribution is -0.138. The van der Waals surface area contributed by atoms with Gasteiger partial charge in [-0.25, -0.2) is 0 Å². The van der Waals surface area contributed by atoms with Gasteiger partial charge < -0.3 is 15.5 Å². The summed E-state index contributed by atoms with van der Waals surface area (Å²) in [6, 6.07) is 0. The predicted octanol–water partition coefficient (Wildman–Crippen LogP) is -0.404. The summed E-state index contributed by atoms with van der Waals surface area (Å²) < 4.78 is 0. The molecule has 0 spiro atoms. The van der Waals surface area contributed by atoms with Gasteiger partial charge in [0.2, 0.25) is 5.91 Å². The Labute approximate surface area is 76.8 Å². The van der Waals surface area contributed by atoms with Crippen LogP contribution in [0.15, 0.2) is 0 Å². The number of aliphatic hydroxyl groups is 1. The molecule has 0 heterocycles. The first-order valence-corrected chi connectivity index (χ1v) is 4.19. The molecule has 0 radical (unpaired) electrons. The summed E-state index contributed by atoms with van der Waals surface area (Å²) in [5.74, 6) is -1.50. The highest BCUT2D eigenvalue weighted by molar-refractivity contribution is 5.75. The third kappa shape index (κ3) is 6.10. The summed E-state index contributed by atoms with van der Waals surface area (Å²) in [5, 5.41) is 19.7. The highest BCUT2D eigenvalue weighted by Crippen LogP contribution is 2.00. The van der Waals surface area contributed by atoms with Crippen molar-refractivity contribution >= 4 is 11.9 Å². The second kappa shape index (κ2) is 6.42. The van der Waals surface area contributed by atoms with Gasteiger partial charge in [-0.2, -0.15) is 0 Å². The van der Waals surface area contributed by atoms with E-state index in [2.05, 4.69) is 5.32 Å². The highest BCUT2D eigenvalue weighted by atomic mass is 16.4. The minimum atomic E-state index is -0.968. The monoisotopic (exact) mass is 189 g/mol. The average molecular weight is 189 g/mol. The minimum absolute atomic E-state index is 0.125. The molecule has 0 saturated heterocycles. The molecule has 0 aromatic carbocycles. The van der Waals surface area contributed by atoms with E-state index in [1.54, 1.807) is 6.92 Å². The molecule has 0 aliphatic heterocycles. The fourth-order valence-corrected chi connectivity index (χ4v) is 0.831. The molecule has 0 aromatic heterocycles. The van der Waals surface area contributed by atoms with E-state index in [0.717, 1.165) is 0 Å². The number of carboxylic acid groups (broad SMARTS) is 1. The van der Waals surface area contributed by atoms with E-state index in [-0.39, 0.29) is 25.5 Å². The molecule has 76 valence electrons. The number of nitrogens with one attached hydrogen (secondary N) is 1. The summed E-state index contributed by atoms with van der Waals surface area (Å²) in [6.07, 6.45) is 0.242. The number of carbonyl (C=O) groups excluding carboxylic acids is 1. The van der Waals surface area contributed by atoms with Crippen molar-refractivity contribution in [3.8, 4) is 0 Å². The fraction of sp³-hybridized carbons (Fsp3) is 0.750. The molecule has 0 saturated carbocycles. The van der Waals surface area contributed by atoms with Crippen LogP contribution in [0.5, 0.6) is 0 Å². The summed E-state index contributed by atoms with van der Waals surface area (Å²) >= 11 is 0. The van der Waals surface area contributed by atoms with Crippen molar-refractivity contribution in [2.45, 2.75) is 19.8 Å². The Morgan fingerprint density at radius 2 is 2.08 bits per heavy atom. The number of hydrogen-bond donors (Lipinski definition) is 3. The summed E-state index contributed by atoms with van der Waals surface area (Å²) in [4.78, 5) is 21.0. The van der Waals surface area contributed by atoms with Crippen molar-refractivity contribution in [3.05, 3.63) is 0 Å². The van der Waals surface area contributed by atoms with E-state index in [1.165, 1.54) is 0 Å². The third-order valence-corrected chi connectivity index (χ3v) is 1.63. The van der Waals surface area contributed by atoms with Crippen LogP contribution in [0.3, 0.4) is 0 Å². The molecule has 13 heavy (non-hydrogen) atoms. The Kier molecular flexibility index (Phi) is 5.88. The van der Waals surface area contributed by atoms with Gasteiger partial charge in [0.25, 0.3) is 0 Å². The highest BCUT2D eigenvalue weighted by Gasteiger charge is 2.12. The van der Waals surface area contributed by atoms with Gasteiger partial charge in [-0.05, 0) is 0 Å². The number of rotatable bonds is 6. The van der Waals surface area contributed by atoms with Crippen LogP contribution in [0.1, 0.15) is 19.8 Å². The van der Waals surface area contributed by atoms with Crippen molar-refractivity contribution in [2.75, 3.05) is 13.2 Å². The molecule has 0 aromatic rings. The van der Waals surface area contributed by atoms with Crippen LogP contribution < -0.4 is 5.32 Å². The first-order valence-electron chi connectivity index (χ1n) is 4.19. The quantitative estimate of drug-likeness (QED) is 0.530. The van der Waals surface area contributed by atoms with Crippen molar-refractivity contribution in [2.24, 2.45) is 5.92 Å². The zero-order valence-corrected chi connectivity index (χ0v) is 7.62. The van der Waals surface area contributed by atoms with Gasteiger partial charge in [-0.3, -0.25) is 9.59 Å². The van der Waals surface area contributed by atoms with Crippen molar-refractivity contribution in [3.63, 3.8) is 0 Å². The third-order valence-electron chi connectivity index (χ3n) is 1.63. The Bertz CT molecular complexity index is 181. The van der Waals surface area contributed by atoms with E-state index in [4.69, 9.17) is 10.2 Å². The van der Waals surface area contributed by atoms with Gasteiger partial charge in [0, 0.05) is 25.5 Å². The van der Waals surface area contributed by atoms with Crippen LogP contribution in [0.25, 0.3) is 0 Å². The lowest BCUT2D eigenvalue weighted by atomic mass is 10.1. The van der Waals surface area contributed by atoms with Gasteiger partial charge in [0.1, 0.15) is 0 Å². The molecule has 1 amide bonds. The number of aliphatic hydroxyl groups excluding tert-OH is 1. The molecule has 0 rings (SSSR count). The van der Waals surface area contributed by atoms with Gasteiger partial charge in [-0.15, -0.1) is 0 Å². The first-order chi connectivity index (χ1) is 6.10. The number of amides is 1. The average Bonchev–Trinajstić information content (AvgIpc) is 2.10. The molecule has 0 fully saturated rings. The maximum Gasteiger partial charge on any atom is 0.303 e. The molecular weight excluding hydrogens is 174 g/mol. The Balaban J connectivity index is 3.71. The summed E-state index contributed by atoms with van der Waals surface area (Å²) in [6.45, 7) is 1.70. The normalized spacial score (nSPS) is 12.2. The Hall–Kier alpha value is -1.10. The van der Waals surface area contributed by atoms with Crippen LogP contribution in [0.2, 0.25) is 0 Å². The van der Waals surface area contributed by atoms with Crippen LogP contribution in [-0.2, 0) is 9.59 Å². The van der Waals surface area contributed by atoms with E-state index < -0.39 is 11.9 Å². The van der Waals surface area contributed by atoms with Gasteiger partial charge >= 0.3 is 5.97 Å². The smallest absolute Gasteiger partial charge is 0.303 e. The van der Waals surface area contributed by atoms with Crippen molar-refractivity contribution in [1.29, 1.82) is 0 Å². The topological polar surface area (TPSA) is 86.6 Å². The molecule has 0 aliphatic rings. The zero-order chi connectivity index (χ0) is 10.3. The first kappa shape index (κ1) is 11.9. The largest absolute Gasteiger partial charge is 0.481 e. The summed E-state index contributed by atoms with van der Waals surface area (Å²) in [5.41, 5.74) is 0. The zero-order valence-electron chi connectivity index (χ0n) is 7.62. The van der Waals surface area contributed by atoms with Gasteiger partial charge in [0.15, 0.2) is 0 Å². The molecule has 5 heteroatoms. The lowest BCUT2D eigenvalue weighted by Crippen LogP contribution is -2.31. The number of aliphatic carboxylic acids is 1. The predicted molar refractivity (Wildman–Crippen MR) is 46.1 cm³/mol. The number of carbonyl (C=O) groups is 2. The van der Waals surface area contributed by atoms with E-state index >= 15 is 0 Å². The SMILES string of the molecule is CCC(=O)NCC(CO)CC(=O)O. The van der Waals surface area contributed by atoms with Crippen molar-refractivity contribution in [1.82, 2.24) is 5.32 Å².